The number of fused-ring (bicyclic) bond motifs is 1. The zero-order chi connectivity index (χ0) is 58.0. The first-order valence-electron chi connectivity index (χ1n) is 25.1. The van der Waals surface area contributed by atoms with Crippen molar-refractivity contribution in [3.63, 3.8) is 0 Å². The maximum atomic E-state index is 14.0. The summed E-state index contributed by atoms with van der Waals surface area (Å²) in [6.45, 7) is 7.63. The number of aliphatic imine (C=N–C) groups is 1. The number of guanidine groups is 1. The first kappa shape index (κ1) is 61.6. The van der Waals surface area contributed by atoms with Crippen molar-refractivity contribution in [3.05, 3.63) is 78.7 Å². The number of nitro benzene ring substituents is 2. The molecule has 1 fully saturated rings. The first-order valence-corrected chi connectivity index (χ1v) is 25.1. The number of hydrogen-bond donors (Lipinski definition) is 10. The average Bonchev–Trinajstić information content (AvgIpc) is 3.90. The zero-order valence-corrected chi connectivity index (χ0v) is 44.1. The van der Waals surface area contributed by atoms with Gasteiger partial charge in [0.25, 0.3) is 11.4 Å². The molecule has 8 amide bonds. The second kappa shape index (κ2) is 28.8. The van der Waals surface area contributed by atoms with Gasteiger partial charge in [-0.3, -0.25) is 63.6 Å². The molecule has 29 nitrogen and oxygen atoms in total. The van der Waals surface area contributed by atoms with E-state index in [1.807, 2.05) is 13.8 Å². The van der Waals surface area contributed by atoms with Crippen molar-refractivity contribution in [2.45, 2.75) is 128 Å². The number of benzene rings is 2. The molecule has 0 spiro atoms. The highest BCUT2D eigenvalue weighted by molar-refractivity contribution is 5.98. The van der Waals surface area contributed by atoms with E-state index in [0.29, 0.717) is 35.6 Å². The number of carbonyl (C=O) groups is 8. The van der Waals surface area contributed by atoms with E-state index in [1.54, 1.807) is 19.1 Å². The van der Waals surface area contributed by atoms with Gasteiger partial charge in [-0.05, 0) is 82.1 Å². The summed E-state index contributed by atoms with van der Waals surface area (Å²) in [5.74, 6) is -6.30. The Morgan fingerprint density at radius 2 is 1.41 bits per heavy atom. The molecule has 1 aliphatic rings. The van der Waals surface area contributed by atoms with Gasteiger partial charge in [-0.15, -0.1) is 0 Å². The van der Waals surface area contributed by atoms with Gasteiger partial charge < -0.3 is 68.5 Å². The van der Waals surface area contributed by atoms with Crippen molar-refractivity contribution in [1.29, 1.82) is 0 Å². The monoisotopic (exact) mass is 1090 g/mol. The second-order valence-electron chi connectivity index (χ2n) is 18.9. The Bertz CT molecular complexity index is 2820. The minimum Gasteiger partial charge on any atom is -0.497 e. The summed E-state index contributed by atoms with van der Waals surface area (Å²) in [6, 6.07) is -0.365. The smallest absolute Gasteiger partial charge is 0.336 e. The lowest BCUT2D eigenvalue weighted by atomic mass is 10.0. The van der Waals surface area contributed by atoms with Crippen molar-refractivity contribution >= 4 is 81.2 Å². The highest BCUT2D eigenvalue weighted by Gasteiger charge is 2.37. The maximum Gasteiger partial charge on any atom is 0.336 e. The number of ether oxygens (including phenoxy) is 1. The summed E-state index contributed by atoms with van der Waals surface area (Å²) in [6.07, 6.45) is 1.20. The van der Waals surface area contributed by atoms with E-state index in [2.05, 4.69) is 42.2 Å². The van der Waals surface area contributed by atoms with Crippen molar-refractivity contribution in [3.8, 4) is 5.75 Å². The molecular weight excluding hydrogens is 1020 g/mol. The van der Waals surface area contributed by atoms with Crippen LogP contribution in [0.15, 0.2) is 56.7 Å². The van der Waals surface area contributed by atoms with Crippen LogP contribution in [0.3, 0.4) is 0 Å². The molecule has 1 aromatic heterocycles. The standard InChI is InChI=1S/C49H68N14O15/c1-7-10-34(45(69)60-36(24-54-32-16-13-29(62(73)74)22-38(32)63(75)76)47(71)56-26(4)43(67)57-33(42(50)66)11-8-17-53-49(51)52)58-44(68)27(5)55-46(70)35(19-25(2)3)59-48(72)37-12-9-18-61(37)40(64)20-28-21-41(65)78-39-23-30(77-6)14-15-31(28)39/h13-16,21-23,25-27,33-37,54H,7-12,17-20,24H2,1-6H3,(H2,50,66)(H,55,70)(H,56,71)(H,57,67)(H,58,68)(H,59,72)(H,60,69)(H4,51,52,53)/t26-,27-,33-,34-,35-,36-,37-/m0/s1. The summed E-state index contributed by atoms with van der Waals surface area (Å²) in [4.78, 5) is 148. The van der Waals surface area contributed by atoms with Crippen LogP contribution in [-0.4, -0.2) is 137 Å². The van der Waals surface area contributed by atoms with Crippen molar-refractivity contribution in [1.82, 2.24) is 36.8 Å². The lowest BCUT2D eigenvalue weighted by Gasteiger charge is -2.28. The predicted octanol–water partition coefficient (Wildman–Crippen LogP) is -0.403. The maximum absolute atomic E-state index is 14.0. The molecular formula is C49H68N14O15. The highest BCUT2D eigenvalue weighted by atomic mass is 16.6. The van der Waals surface area contributed by atoms with E-state index < -0.39 is 123 Å². The molecule has 2 heterocycles. The van der Waals surface area contributed by atoms with Gasteiger partial charge in [0.1, 0.15) is 59.3 Å². The second-order valence-corrected chi connectivity index (χ2v) is 18.9. The number of nitrogens with zero attached hydrogens (tertiary/aromatic N) is 4. The van der Waals surface area contributed by atoms with Crippen LogP contribution < -0.4 is 64.8 Å². The molecule has 78 heavy (non-hydrogen) atoms. The Kier molecular flexibility index (Phi) is 22.8. The highest BCUT2D eigenvalue weighted by Crippen LogP contribution is 2.29. The lowest BCUT2D eigenvalue weighted by Crippen LogP contribution is -2.60. The number of carbonyl (C=O) groups excluding carboxylic acids is 8. The molecule has 424 valence electrons. The van der Waals surface area contributed by atoms with Gasteiger partial charge in [-0.2, -0.15) is 0 Å². The first-order chi connectivity index (χ1) is 36.8. The summed E-state index contributed by atoms with van der Waals surface area (Å²) in [7, 11) is 1.45. The predicted molar refractivity (Wildman–Crippen MR) is 282 cm³/mol. The number of non-ortho nitro benzene ring substituents is 1. The van der Waals surface area contributed by atoms with Crippen LogP contribution in [0.5, 0.6) is 5.75 Å². The molecule has 7 atom stereocenters. The van der Waals surface area contributed by atoms with E-state index in [0.717, 1.165) is 12.1 Å². The quantitative estimate of drug-likeness (QED) is 0.0106. The molecule has 4 rings (SSSR count). The molecule has 13 N–H and O–H groups in total. The molecule has 29 heteroatoms. The molecule has 1 saturated heterocycles. The number of methoxy groups -OCH3 is 1. The van der Waals surface area contributed by atoms with E-state index in [4.69, 9.17) is 26.4 Å². The Labute approximate surface area is 447 Å². The van der Waals surface area contributed by atoms with E-state index in [9.17, 15) is 63.4 Å². The summed E-state index contributed by atoms with van der Waals surface area (Å²) in [5, 5.41) is 41.6. The van der Waals surface area contributed by atoms with Crippen molar-refractivity contribution in [2.75, 3.05) is 32.1 Å². The van der Waals surface area contributed by atoms with Crippen LogP contribution in [0.1, 0.15) is 85.1 Å². The van der Waals surface area contributed by atoms with E-state index >= 15 is 0 Å². The van der Waals surface area contributed by atoms with Gasteiger partial charge in [0.2, 0.25) is 47.3 Å². The van der Waals surface area contributed by atoms with Crippen LogP contribution in [0.2, 0.25) is 0 Å². The Balaban J connectivity index is 1.48. The topological polar surface area (TPSA) is 440 Å². The number of nitro groups is 2. The molecule has 0 saturated carbocycles. The van der Waals surface area contributed by atoms with Gasteiger partial charge in [0, 0.05) is 43.2 Å². The Morgan fingerprint density at radius 1 is 0.782 bits per heavy atom. The van der Waals surface area contributed by atoms with E-state index in [1.165, 1.54) is 38.0 Å². The summed E-state index contributed by atoms with van der Waals surface area (Å²) in [5.41, 5.74) is 14.4. The van der Waals surface area contributed by atoms with Crippen molar-refractivity contribution < 1.29 is 57.4 Å². The third-order valence-electron chi connectivity index (χ3n) is 12.4. The fraction of sp³-hybridized carbons (Fsp3) is 0.510. The normalized spacial score (nSPS) is 15.3. The fourth-order valence-electron chi connectivity index (χ4n) is 8.38. The summed E-state index contributed by atoms with van der Waals surface area (Å²) >= 11 is 0. The SMILES string of the molecule is CCC[C@H](NC(=O)[C@H](C)NC(=O)[C@H](CC(C)C)NC(=O)[C@@H]1CCCN1C(=O)Cc1cc(=O)oc2cc(OC)ccc12)C(=O)N[C@@H](CNc1ccc([N+](=O)[O-])cc1[N+](=O)[O-])C(=O)N[C@@H](C)C(=O)N[C@@H](CCCN=C(N)N)C(N)=O. The number of rotatable bonds is 29. The Hall–Kier alpha value is -8.92. The van der Waals surface area contributed by atoms with Crippen LogP contribution >= 0.6 is 0 Å². The zero-order valence-electron chi connectivity index (χ0n) is 44.1. The number of nitrogens with one attached hydrogen (secondary N) is 7. The fourth-order valence-corrected chi connectivity index (χ4v) is 8.38. The van der Waals surface area contributed by atoms with Crippen molar-refractivity contribution in [2.24, 2.45) is 28.1 Å². The molecule has 0 aliphatic carbocycles. The molecule has 0 unspecified atom stereocenters. The van der Waals surface area contributed by atoms with Crippen LogP contribution in [0.25, 0.3) is 11.0 Å². The molecule has 3 aromatic rings. The van der Waals surface area contributed by atoms with Crippen LogP contribution in [0, 0.1) is 26.1 Å². The van der Waals surface area contributed by atoms with Gasteiger partial charge in [-0.25, -0.2) is 4.79 Å². The molecule has 0 bridgehead atoms. The van der Waals surface area contributed by atoms with Crippen LogP contribution in [0.4, 0.5) is 17.1 Å². The number of anilines is 1. The average molecular weight is 1090 g/mol. The number of primary amides is 1. The van der Waals surface area contributed by atoms with E-state index in [-0.39, 0.29) is 74.8 Å². The lowest BCUT2D eigenvalue weighted by molar-refractivity contribution is -0.393. The van der Waals surface area contributed by atoms with Crippen LogP contribution in [-0.2, 0) is 44.8 Å². The Morgan fingerprint density at radius 3 is 2.00 bits per heavy atom. The number of nitrogens with two attached hydrogens (primary N) is 3. The minimum atomic E-state index is -1.67. The third-order valence-corrected chi connectivity index (χ3v) is 12.4. The number of likely N-dealkylation sites (tertiary alicyclic amines) is 1. The van der Waals surface area contributed by atoms with Gasteiger partial charge in [-0.1, -0.05) is 27.2 Å². The minimum absolute atomic E-state index is 0.0183. The number of hydrogen-bond acceptors (Lipinski definition) is 17. The molecule has 0 radical (unpaired) electrons. The van der Waals surface area contributed by atoms with Gasteiger partial charge >= 0.3 is 5.63 Å². The largest absolute Gasteiger partial charge is 0.497 e. The number of amides is 8. The molecule has 2 aromatic carbocycles. The third kappa shape index (κ3) is 17.9. The summed E-state index contributed by atoms with van der Waals surface area (Å²) < 4.78 is 10.5. The van der Waals surface area contributed by atoms with Gasteiger partial charge in [0.05, 0.1) is 29.4 Å². The van der Waals surface area contributed by atoms with Gasteiger partial charge in [0.15, 0.2) is 5.96 Å². The molecule has 1 aliphatic heterocycles.